The average molecular weight is 415 g/mol. The highest BCUT2D eigenvalue weighted by molar-refractivity contribution is 7.92. The van der Waals surface area contributed by atoms with Crippen LogP contribution in [0.4, 0.5) is 11.4 Å². The molecule has 0 atom stereocenters. The van der Waals surface area contributed by atoms with Gasteiger partial charge in [0.1, 0.15) is 0 Å². The normalized spacial score (nSPS) is 11.1. The Hall–Kier alpha value is -2.83. The third kappa shape index (κ3) is 4.71. The smallest absolute Gasteiger partial charge is 0.261 e. The Bertz CT molecular complexity index is 1080. The molecule has 0 fully saturated rings. The van der Waals surface area contributed by atoms with Crippen LogP contribution in [0.2, 0.25) is 5.02 Å². The van der Waals surface area contributed by atoms with Crippen LogP contribution in [0.25, 0.3) is 0 Å². The van der Waals surface area contributed by atoms with Crippen molar-refractivity contribution in [2.24, 2.45) is 0 Å². The second-order valence-corrected chi connectivity index (χ2v) is 8.20. The summed E-state index contributed by atoms with van der Waals surface area (Å²) in [5.41, 5.74) is 2.51. The molecule has 0 spiro atoms. The van der Waals surface area contributed by atoms with Gasteiger partial charge in [-0.2, -0.15) is 0 Å². The minimum Gasteiger partial charge on any atom is -0.322 e. The molecule has 0 aliphatic heterocycles. The van der Waals surface area contributed by atoms with E-state index in [0.717, 1.165) is 6.42 Å². The van der Waals surface area contributed by atoms with E-state index in [1.165, 1.54) is 29.8 Å². The number of aryl methyl sites for hydroxylation is 1. The molecule has 0 aliphatic carbocycles. The maximum Gasteiger partial charge on any atom is 0.261 e. The fraction of sp³-hybridized carbons (Fsp3) is 0.0952. The van der Waals surface area contributed by atoms with Gasteiger partial charge in [0, 0.05) is 11.3 Å². The van der Waals surface area contributed by atoms with Crippen molar-refractivity contribution in [1.29, 1.82) is 0 Å². The van der Waals surface area contributed by atoms with E-state index in [9.17, 15) is 13.2 Å². The lowest BCUT2D eigenvalue weighted by Crippen LogP contribution is -2.15. The Balaban J connectivity index is 1.73. The van der Waals surface area contributed by atoms with Gasteiger partial charge < -0.3 is 5.32 Å². The summed E-state index contributed by atoms with van der Waals surface area (Å²) in [4.78, 5) is 12.4. The number of sulfonamides is 1. The monoisotopic (exact) mass is 414 g/mol. The standard InChI is InChI=1S/C21H19ClN2O3S/c1-2-15-7-11-17(12-8-15)23-21(25)16-9-13-18(14-10-16)28(26,27)24-20-6-4-3-5-19(20)22/h3-14,24H,2H2,1H3,(H,23,25). The van der Waals surface area contributed by atoms with Crippen molar-refractivity contribution in [2.75, 3.05) is 10.0 Å². The van der Waals surface area contributed by atoms with E-state index in [4.69, 9.17) is 11.6 Å². The summed E-state index contributed by atoms with van der Waals surface area (Å²) < 4.78 is 27.5. The van der Waals surface area contributed by atoms with Gasteiger partial charge in [-0.05, 0) is 60.5 Å². The molecule has 1 amide bonds. The molecule has 3 rings (SSSR count). The number of anilines is 2. The van der Waals surface area contributed by atoms with E-state index < -0.39 is 10.0 Å². The van der Waals surface area contributed by atoms with Crippen molar-refractivity contribution in [3.05, 3.63) is 88.9 Å². The van der Waals surface area contributed by atoms with E-state index in [2.05, 4.69) is 17.0 Å². The first kappa shape index (κ1) is 19.9. The number of benzene rings is 3. The van der Waals surface area contributed by atoms with Crippen molar-refractivity contribution < 1.29 is 13.2 Å². The topological polar surface area (TPSA) is 75.3 Å². The van der Waals surface area contributed by atoms with Gasteiger partial charge in [0.2, 0.25) is 0 Å². The predicted molar refractivity (Wildman–Crippen MR) is 112 cm³/mol. The Labute approximate surface area is 169 Å². The summed E-state index contributed by atoms with van der Waals surface area (Å²) in [5.74, 6) is -0.313. The van der Waals surface area contributed by atoms with Crippen molar-refractivity contribution in [3.8, 4) is 0 Å². The van der Waals surface area contributed by atoms with Crippen LogP contribution in [0.5, 0.6) is 0 Å². The highest BCUT2D eigenvalue weighted by atomic mass is 35.5. The third-order valence-electron chi connectivity index (χ3n) is 4.17. The molecule has 2 N–H and O–H groups in total. The largest absolute Gasteiger partial charge is 0.322 e. The molecule has 0 bridgehead atoms. The molecule has 0 radical (unpaired) electrons. The van der Waals surface area contributed by atoms with Gasteiger partial charge in [-0.25, -0.2) is 8.42 Å². The molecule has 28 heavy (non-hydrogen) atoms. The number of carbonyl (C=O) groups is 1. The van der Waals surface area contributed by atoms with Crippen LogP contribution in [0, 0.1) is 0 Å². The first-order valence-electron chi connectivity index (χ1n) is 8.67. The van der Waals surface area contributed by atoms with Gasteiger partial charge in [-0.3, -0.25) is 9.52 Å². The first-order chi connectivity index (χ1) is 13.4. The Morgan fingerprint density at radius 1 is 0.929 bits per heavy atom. The highest BCUT2D eigenvalue weighted by Gasteiger charge is 2.16. The number of para-hydroxylation sites is 1. The van der Waals surface area contributed by atoms with Crippen LogP contribution in [0.1, 0.15) is 22.8 Å². The summed E-state index contributed by atoms with van der Waals surface area (Å²) in [6.07, 6.45) is 0.923. The molecule has 3 aromatic rings. The zero-order valence-electron chi connectivity index (χ0n) is 15.1. The van der Waals surface area contributed by atoms with Gasteiger partial charge in [-0.1, -0.05) is 42.8 Å². The molecule has 144 valence electrons. The van der Waals surface area contributed by atoms with Crippen LogP contribution in [0.15, 0.2) is 77.7 Å². The number of hydrogen-bond acceptors (Lipinski definition) is 3. The second-order valence-electron chi connectivity index (χ2n) is 6.11. The Morgan fingerprint density at radius 2 is 1.57 bits per heavy atom. The van der Waals surface area contributed by atoms with Crippen molar-refractivity contribution in [3.63, 3.8) is 0 Å². The van der Waals surface area contributed by atoms with Gasteiger partial charge >= 0.3 is 0 Å². The highest BCUT2D eigenvalue weighted by Crippen LogP contribution is 2.24. The third-order valence-corrected chi connectivity index (χ3v) is 5.88. The maximum absolute atomic E-state index is 12.5. The van der Waals surface area contributed by atoms with Crippen LogP contribution in [-0.2, 0) is 16.4 Å². The van der Waals surface area contributed by atoms with Crippen molar-refractivity contribution in [1.82, 2.24) is 0 Å². The SMILES string of the molecule is CCc1ccc(NC(=O)c2ccc(S(=O)(=O)Nc3ccccc3Cl)cc2)cc1. The quantitative estimate of drug-likeness (QED) is 0.598. The summed E-state index contributed by atoms with van der Waals surface area (Å²) in [6, 6.07) is 19.8. The fourth-order valence-electron chi connectivity index (χ4n) is 2.56. The van der Waals surface area contributed by atoms with Gasteiger partial charge in [0.05, 0.1) is 15.6 Å². The van der Waals surface area contributed by atoms with E-state index >= 15 is 0 Å². The number of amides is 1. The fourth-order valence-corrected chi connectivity index (χ4v) is 3.88. The van der Waals surface area contributed by atoms with Crippen LogP contribution >= 0.6 is 11.6 Å². The summed E-state index contributed by atoms with van der Waals surface area (Å²) in [5, 5.41) is 3.10. The molecule has 5 nitrogen and oxygen atoms in total. The van der Waals surface area contributed by atoms with Gasteiger partial charge in [0.25, 0.3) is 15.9 Å². The van der Waals surface area contributed by atoms with Crippen molar-refractivity contribution in [2.45, 2.75) is 18.2 Å². The lowest BCUT2D eigenvalue weighted by molar-refractivity contribution is 0.102. The molecular weight excluding hydrogens is 396 g/mol. The molecule has 0 unspecified atom stereocenters. The molecule has 0 aliphatic rings. The second kappa shape index (κ2) is 8.46. The molecule has 0 aromatic heterocycles. The lowest BCUT2D eigenvalue weighted by Gasteiger charge is -2.10. The van der Waals surface area contributed by atoms with E-state index in [1.54, 1.807) is 24.3 Å². The lowest BCUT2D eigenvalue weighted by atomic mass is 10.1. The minimum absolute atomic E-state index is 0.0382. The minimum atomic E-state index is -3.81. The molecule has 0 heterocycles. The van der Waals surface area contributed by atoms with E-state index in [0.29, 0.717) is 22.0 Å². The van der Waals surface area contributed by atoms with Crippen LogP contribution in [0.3, 0.4) is 0 Å². The first-order valence-corrected chi connectivity index (χ1v) is 10.5. The number of halogens is 1. The van der Waals surface area contributed by atoms with Gasteiger partial charge in [0.15, 0.2) is 0 Å². The predicted octanol–water partition coefficient (Wildman–Crippen LogP) is 4.96. The zero-order valence-corrected chi connectivity index (χ0v) is 16.7. The molecule has 0 saturated heterocycles. The average Bonchev–Trinajstić information content (AvgIpc) is 2.70. The number of rotatable bonds is 6. The summed E-state index contributed by atoms with van der Waals surface area (Å²) in [6.45, 7) is 2.06. The molecular formula is C21H19ClN2O3S. The van der Waals surface area contributed by atoms with Crippen LogP contribution in [-0.4, -0.2) is 14.3 Å². The van der Waals surface area contributed by atoms with E-state index in [1.807, 2.05) is 24.3 Å². The van der Waals surface area contributed by atoms with Crippen molar-refractivity contribution >= 4 is 38.9 Å². The van der Waals surface area contributed by atoms with Crippen LogP contribution < -0.4 is 10.0 Å². The summed E-state index contributed by atoms with van der Waals surface area (Å²) in [7, 11) is -3.81. The molecule has 3 aromatic carbocycles. The number of hydrogen-bond donors (Lipinski definition) is 2. The molecule has 7 heteroatoms. The summed E-state index contributed by atoms with van der Waals surface area (Å²) >= 11 is 6.00. The maximum atomic E-state index is 12.5. The number of nitrogens with one attached hydrogen (secondary N) is 2. The zero-order chi connectivity index (χ0) is 20.1. The van der Waals surface area contributed by atoms with E-state index in [-0.39, 0.29) is 10.8 Å². The molecule has 0 saturated carbocycles. The Kier molecular flexibility index (Phi) is 6.02. The van der Waals surface area contributed by atoms with Gasteiger partial charge in [-0.15, -0.1) is 0 Å². The number of carbonyl (C=O) groups excluding carboxylic acids is 1. The Morgan fingerprint density at radius 3 is 2.18 bits per heavy atom.